The van der Waals surface area contributed by atoms with Gasteiger partial charge in [-0.25, -0.2) is 4.98 Å². The lowest BCUT2D eigenvalue weighted by Gasteiger charge is -2.08. The molecule has 1 aromatic heterocycles. The average Bonchev–Trinajstić information content (AvgIpc) is 2.25. The molecule has 0 unspecified atom stereocenters. The second-order valence-corrected chi connectivity index (χ2v) is 4.98. The van der Waals surface area contributed by atoms with Gasteiger partial charge in [-0.05, 0) is 40.2 Å². The van der Waals surface area contributed by atoms with Crippen molar-refractivity contribution in [2.24, 2.45) is 0 Å². The number of hydrogen-bond acceptors (Lipinski definition) is 3. The van der Waals surface area contributed by atoms with Crippen molar-refractivity contribution >= 4 is 44.8 Å². The zero-order chi connectivity index (χ0) is 12.4. The Morgan fingerprint density at radius 3 is 2.65 bits per heavy atom. The number of rotatable bonds is 2. The van der Waals surface area contributed by atoms with E-state index in [0.29, 0.717) is 27.4 Å². The van der Waals surface area contributed by atoms with Gasteiger partial charge < -0.3 is 10.5 Å². The lowest BCUT2D eigenvalue weighted by Crippen LogP contribution is -1.95. The Balaban J connectivity index is 2.31. The first-order chi connectivity index (χ1) is 8.06. The molecule has 88 valence electrons. The molecule has 6 heteroatoms. The van der Waals surface area contributed by atoms with Crippen LogP contribution in [-0.2, 0) is 0 Å². The molecule has 0 saturated carbocycles. The topological polar surface area (TPSA) is 48.1 Å². The van der Waals surface area contributed by atoms with Crippen molar-refractivity contribution in [1.29, 1.82) is 0 Å². The fraction of sp³-hybridized carbons (Fsp3) is 0. The summed E-state index contributed by atoms with van der Waals surface area (Å²) in [7, 11) is 0. The minimum Gasteiger partial charge on any atom is -0.435 e. The fourth-order valence-electron chi connectivity index (χ4n) is 1.19. The summed E-state index contributed by atoms with van der Waals surface area (Å²) < 4.78 is 6.28. The minimum absolute atomic E-state index is 0.303. The first-order valence-corrected chi connectivity index (χ1v) is 6.15. The molecule has 0 radical (unpaired) electrons. The summed E-state index contributed by atoms with van der Waals surface area (Å²) in [6.07, 6.45) is 1.59. The lowest BCUT2D eigenvalue weighted by atomic mass is 10.3. The number of nitrogens with two attached hydrogens (primary N) is 1. The largest absolute Gasteiger partial charge is 0.435 e. The number of ether oxygens (including phenoxy) is 1. The molecular weight excluding hydrogens is 327 g/mol. The van der Waals surface area contributed by atoms with E-state index in [2.05, 4.69) is 20.9 Å². The third-order valence-electron chi connectivity index (χ3n) is 1.95. The summed E-state index contributed by atoms with van der Waals surface area (Å²) in [6.45, 7) is 0. The first-order valence-electron chi connectivity index (χ1n) is 4.60. The van der Waals surface area contributed by atoms with Crippen LogP contribution in [0, 0.1) is 0 Å². The summed E-state index contributed by atoms with van der Waals surface area (Å²) in [5.74, 6) is 0.759. The number of anilines is 1. The Labute approximate surface area is 117 Å². The second-order valence-electron chi connectivity index (χ2n) is 3.22. The predicted molar refractivity (Wildman–Crippen MR) is 72.9 cm³/mol. The highest BCUT2D eigenvalue weighted by Crippen LogP contribution is 2.33. The third kappa shape index (κ3) is 3.03. The smallest absolute Gasteiger partial charge is 0.242 e. The van der Waals surface area contributed by atoms with Crippen molar-refractivity contribution in [2.75, 3.05) is 5.73 Å². The Morgan fingerprint density at radius 2 is 2.00 bits per heavy atom. The molecule has 0 amide bonds. The first kappa shape index (κ1) is 12.5. The predicted octanol–water partition coefficient (Wildman–Crippen LogP) is 4.53. The molecule has 0 aliphatic heterocycles. The van der Waals surface area contributed by atoms with Gasteiger partial charge in [0.15, 0.2) is 0 Å². The lowest BCUT2D eigenvalue weighted by molar-refractivity contribution is 0.465. The van der Waals surface area contributed by atoms with Crippen LogP contribution in [0.1, 0.15) is 0 Å². The monoisotopic (exact) mass is 332 g/mol. The highest BCUT2D eigenvalue weighted by molar-refractivity contribution is 9.10. The van der Waals surface area contributed by atoms with E-state index in [4.69, 9.17) is 33.7 Å². The van der Waals surface area contributed by atoms with Crippen LogP contribution in [0.2, 0.25) is 10.0 Å². The molecule has 0 aliphatic carbocycles. The van der Waals surface area contributed by atoms with Crippen LogP contribution in [0.3, 0.4) is 0 Å². The van der Waals surface area contributed by atoms with Crippen molar-refractivity contribution in [2.45, 2.75) is 0 Å². The molecule has 2 aromatic rings. The zero-order valence-electron chi connectivity index (χ0n) is 8.45. The van der Waals surface area contributed by atoms with E-state index in [1.54, 1.807) is 30.5 Å². The molecular formula is C11H7BrCl2N2O. The van der Waals surface area contributed by atoms with Crippen molar-refractivity contribution < 1.29 is 4.74 Å². The van der Waals surface area contributed by atoms with Crippen LogP contribution in [0.5, 0.6) is 11.6 Å². The van der Waals surface area contributed by atoms with E-state index in [0.717, 1.165) is 4.47 Å². The molecule has 17 heavy (non-hydrogen) atoms. The van der Waals surface area contributed by atoms with Gasteiger partial charge >= 0.3 is 0 Å². The summed E-state index contributed by atoms with van der Waals surface area (Å²) in [5.41, 5.74) is 6.18. The summed E-state index contributed by atoms with van der Waals surface area (Å²) >= 11 is 15.0. The van der Waals surface area contributed by atoms with Crippen LogP contribution >= 0.6 is 39.1 Å². The van der Waals surface area contributed by atoms with Crippen molar-refractivity contribution in [3.8, 4) is 11.6 Å². The van der Waals surface area contributed by atoms with Crippen molar-refractivity contribution in [3.05, 3.63) is 45.0 Å². The maximum Gasteiger partial charge on any atom is 0.242 e. The molecule has 1 heterocycles. The molecule has 0 atom stereocenters. The highest BCUT2D eigenvalue weighted by Gasteiger charge is 2.08. The SMILES string of the molecule is Nc1cc(Br)cnc1Oc1ccc(Cl)cc1Cl. The summed E-state index contributed by atoms with van der Waals surface area (Å²) in [6, 6.07) is 6.63. The maximum absolute atomic E-state index is 5.98. The number of nitrogen functional groups attached to an aromatic ring is 1. The maximum atomic E-state index is 5.98. The second kappa shape index (κ2) is 5.12. The molecule has 2 rings (SSSR count). The standard InChI is InChI=1S/C11H7BrCl2N2O/c12-6-3-9(15)11(16-5-6)17-10-2-1-7(13)4-8(10)14/h1-5H,15H2. The Bertz CT molecular complexity index is 514. The van der Waals surface area contributed by atoms with Gasteiger partial charge in [-0.1, -0.05) is 23.2 Å². The molecule has 3 nitrogen and oxygen atoms in total. The Hall–Kier alpha value is -0.970. The normalized spacial score (nSPS) is 10.3. The molecule has 0 fully saturated rings. The molecule has 0 spiro atoms. The van der Waals surface area contributed by atoms with Gasteiger partial charge in [0.05, 0.1) is 10.7 Å². The van der Waals surface area contributed by atoms with E-state index >= 15 is 0 Å². The summed E-state index contributed by atoms with van der Waals surface area (Å²) in [5, 5.41) is 0.945. The molecule has 0 bridgehead atoms. The van der Waals surface area contributed by atoms with Gasteiger partial charge in [0.25, 0.3) is 0 Å². The quantitative estimate of drug-likeness (QED) is 0.878. The number of benzene rings is 1. The molecule has 1 aromatic carbocycles. The van der Waals surface area contributed by atoms with Crippen LogP contribution in [0.15, 0.2) is 34.9 Å². The van der Waals surface area contributed by atoms with Gasteiger partial charge in [0.2, 0.25) is 5.88 Å². The van der Waals surface area contributed by atoms with E-state index in [1.807, 2.05) is 0 Å². The van der Waals surface area contributed by atoms with E-state index in [9.17, 15) is 0 Å². The number of pyridine rings is 1. The van der Waals surface area contributed by atoms with E-state index in [-0.39, 0.29) is 0 Å². The van der Waals surface area contributed by atoms with Gasteiger partial charge in [-0.2, -0.15) is 0 Å². The van der Waals surface area contributed by atoms with Crippen molar-refractivity contribution in [3.63, 3.8) is 0 Å². The Morgan fingerprint density at radius 1 is 1.24 bits per heavy atom. The van der Waals surface area contributed by atoms with E-state index in [1.165, 1.54) is 0 Å². The van der Waals surface area contributed by atoms with Gasteiger partial charge in [0, 0.05) is 15.7 Å². The number of nitrogens with zero attached hydrogens (tertiary/aromatic N) is 1. The third-order valence-corrected chi connectivity index (χ3v) is 2.91. The number of halogens is 3. The van der Waals surface area contributed by atoms with Gasteiger partial charge in [-0.15, -0.1) is 0 Å². The fourth-order valence-corrected chi connectivity index (χ4v) is 1.99. The molecule has 0 saturated heterocycles. The van der Waals surface area contributed by atoms with Crippen LogP contribution in [-0.4, -0.2) is 4.98 Å². The summed E-state index contributed by atoms with van der Waals surface area (Å²) in [4.78, 5) is 4.05. The number of aromatic nitrogens is 1. The zero-order valence-corrected chi connectivity index (χ0v) is 11.6. The highest BCUT2D eigenvalue weighted by atomic mass is 79.9. The van der Waals surface area contributed by atoms with Gasteiger partial charge in [-0.3, -0.25) is 0 Å². The van der Waals surface area contributed by atoms with Crippen LogP contribution in [0.25, 0.3) is 0 Å². The molecule has 2 N–H and O–H groups in total. The minimum atomic E-state index is 0.303. The van der Waals surface area contributed by atoms with Crippen molar-refractivity contribution in [1.82, 2.24) is 4.98 Å². The van der Waals surface area contributed by atoms with E-state index < -0.39 is 0 Å². The average molecular weight is 334 g/mol. The van der Waals surface area contributed by atoms with Crippen LogP contribution in [0.4, 0.5) is 5.69 Å². The number of hydrogen-bond donors (Lipinski definition) is 1. The molecule has 0 aliphatic rings. The van der Waals surface area contributed by atoms with Gasteiger partial charge in [0.1, 0.15) is 5.75 Å². The van der Waals surface area contributed by atoms with Crippen LogP contribution < -0.4 is 10.5 Å². The Kier molecular flexibility index (Phi) is 3.76.